The van der Waals surface area contributed by atoms with Crippen LogP contribution in [0.4, 0.5) is 0 Å². The minimum atomic E-state index is 0.0539. The van der Waals surface area contributed by atoms with Crippen molar-refractivity contribution in [2.75, 3.05) is 7.11 Å². The molecule has 2 heterocycles. The fourth-order valence-electron chi connectivity index (χ4n) is 2.15. The van der Waals surface area contributed by atoms with E-state index in [1.165, 1.54) is 0 Å². The molecule has 0 radical (unpaired) electrons. The zero-order chi connectivity index (χ0) is 13.4. The molecule has 0 aliphatic rings. The van der Waals surface area contributed by atoms with Gasteiger partial charge >= 0.3 is 0 Å². The molecule has 1 N–H and O–H groups in total. The van der Waals surface area contributed by atoms with Gasteiger partial charge in [-0.1, -0.05) is 0 Å². The van der Waals surface area contributed by atoms with Gasteiger partial charge in [0.05, 0.1) is 7.11 Å². The van der Waals surface area contributed by atoms with Crippen molar-refractivity contribution in [3.63, 3.8) is 0 Å². The molecule has 3 rings (SSSR count). The maximum atomic E-state index is 12.5. The first kappa shape index (κ1) is 12.0. The van der Waals surface area contributed by atoms with E-state index in [4.69, 9.17) is 4.74 Å². The molecule has 0 amide bonds. The van der Waals surface area contributed by atoms with Crippen LogP contribution in [0.3, 0.4) is 0 Å². The van der Waals surface area contributed by atoms with Crippen LogP contribution in [0, 0.1) is 6.92 Å². The second-order valence-electron chi connectivity index (χ2n) is 4.41. The summed E-state index contributed by atoms with van der Waals surface area (Å²) in [7, 11) is 1.62. The summed E-state index contributed by atoms with van der Waals surface area (Å²) in [6.45, 7) is 1.96. The van der Waals surface area contributed by atoms with Crippen LogP contribution in [0.15, 0.2) is 35.2 Å². The molecule has 3 nitrogen and oxygen atoms in total. The third kappa shape index (κ3) is 1.94. The van der Waals surface area contributed by atoms with Crippen molar-refractivity contribution in [2.45, 2.75) is 6.92 Å². The quantitative estimate of drug-likeness (QED) is 0.737. The lowest BCUT2D eigenvalue weighted by molar-refractivity contribution is 0.104. The molecule has 0 bridgehead atoms. The number of aromatic nitrogens is 1. The number of carbonyl (C=O) groups excluding carboxylic acids is 1. The number of hydrogen-bond donors (Lipinski definition) is 1. The molecule has 3 aromatic rings. The van der Waals surface area contributed by atoms with Crippen LogP contribution in [0.25, 0.3) is 10.9 Å². The SMILES string of the molecule is COc1ccc2[nH]cc(C(=O)c3cscc3C)c2c1. The van der Waals surface area contributed by atoms with E-state index in [2.05, 4.69) is 4.98 Å². The number of H-pyrrole nitrogens is 1. The van der Waals surface area contributed by atoms with Gasteiger partial charge in [0.1, 0.15) is 5.75 Å². The van der Waals surface area contributed by atoms with Crippen LogP contribution in [0.5, 0.6) is 5.75 Å². The van der Waals surface area contributed by atoms with E-state index in [0.717, 1.165) is 27.8 Å². The summed E-state index contributed by atoms with van der Waals surface area (Å²) in [4.78, 5) is 15.7. The van der Waals surface area contributed by atoms with E-state index in [-0.39, 0.29) is 5.78 Å². The maximum Gasteiger partial charge on any atom is 0.196 e. The summed E-state index contributed by atoms with van der Waals surface area (Å²) in [6, 6.07) is 5.69. The Bertz CT molecular complexity index is 754. The van der Waals surface area contributed by atoms with E-state index in [1.807, 2.05) is 35.9 Å². The molecule has 19 heavy (non-hydrogen) atoms. The first-order valence-electron chi connectivity index (χ1n) is 5.93. The molecule has 0 spiro atoms. The Morgan fingerprint density at radius 3 is 2.79 bits per heavy atom. The van der Waals surface area contributed by atoms with Crippen molar-refractivity contribution in [3.05, 3.63) is 51.8 Å². The number of methoxy groups -OCH3 is 1. The van der Waals surface area contributed by atoms with Gasteiger partial charge in [-0.25, -0.2) is 0 Å². The van der Waals surface area contributed by atoms with Gasteiger partial charge in [0.2, 0.25) is 0 Å². The zero-order valence-electron chi connectivity index (χ0n) is 10.7. The number of rotatable bonds is 3. The lowest BCUT2D eigenvalue weighted by atomic mass is 10.0. The normalized spacial score (nSPS) is 10.8. The Balaban J connectivity index is 2.15. The van der Waals surface area contributed by atoms with Gasteiger partial charge in [0.25, 0.3) is 0 Å². The Hall–Kier alpha value is -2.07. The minimum Gasteiger partial charge on any atom is -0.497 e. The highest BCUT2D eigenvalue weighted by Gasteiger charge is 2.17. The predicted molar refractivity (Wildman–Crippen MR) is 77.3 cm³/mol. The first-order valence-corrected chi connectivity index (χ1v) is 6.87. The summed E-state index contributed by atoms with van der Waals surface area (Å²) in [5.74, 6) is 0.807. The molecule has 0 aliphatic carbocycles. The molecule has 0 saturated heterocycles. The Labute approximate surface area is 114 Å². The van der Waals surface area contributed by atoms with Gasteiger partial charge in [-0.2, -0.15) is 11.3 Å². The van der Waals surface area contributed by atoms with Crippen molar-refractivity contribution in [1.29, 1.82) is 0 Å². The molecule has 0 saturated carbocycles. The van der Waals surface area contributed by atoms with E-state index >= 15 is 0 Å². The summed E-state index contributed by atoms with van der Waals surface area (Å²) in [6.07, 6.45) is 1.77. The van der Waals surface area contributed by atoms with Gasteiger partial charge in [-0.3, -0.25) is 4.79 Å². The average Bonchev–Trinajstić information content (AvgIpc) is 3.03. The number of ketones is 1. The van der Waals surface area contributed by atoms with Gasteiger partial charge in [-0.15, -0.1) is 0 Å². The number of benzene rings is 1. The Kier molecular flexibility index (Phi) is 2.87. The van der Waals surface area contributed by atoms with Crippen LogP contribution < -0.4 is 4.74 Å². The average molecular weight is 271 g/mol. The number of fused-ring (bicyclic) bond motifs is 1. The number of aromatic amines is 1. The Morgan fingerprint density at radius 1 is 1.26 bits per heavy atom. The summed E-state index contributed by atoms with van der Waals surface area (Å²) < 4.78 is 5.22. The van der Waals surface area contributed by atoms with Crippen LogP contribution in [0.2, 0.25) is 0 Å². The molecule has 2 aromatic heterocycles. The molecule has 0 unspecified atom stereocenters. The molecular formula is C15H13NO2S. The summed E-state index contributed by atoms with van der Waals surface area (Å²) in [5, 5.41) is 4.79. The van der Waals surface area contributed by atoms with E-state index in [9.17, 15) is 4.79 Å². The molecule has 4 heteroatoms. The molecule has 0 atom stereocenters. The molecule has 96 valence electrons. The zero-order valence-corrected chi connectivity index (χ0v) is 11.5. The number of carbonyl (C=O) groups is 1. The third-order valence-electron chi connectivity index (χ3n) is 3.23. The topological polar surface area (TPSA) is 42.1 Å². The smallest absolute Gasteiger partial charge is 0.196 e. The van der Waals surface area contributed by atoms with E-state index < -0.39 is 0 Å². The largest absolute Gasteiger partial charge is 0.497 e. The van der Waals surface area contributed by atoms with Crippen LogP contribution in [-0.2, 0) is 0 Å². The molecular weight excluding hydrogens is 258 g/mol. The number of hydrogen-bond acceptors (Lipinski definition) is 3. The second kappa shape index (κ2) is 4.55. The second-order valence-corrected chi connectivity index (χ2v) is 5.16. The first-order chi connectivity index (χ1) is 9.20. The fraction of sp³-hybridized carbons (Fsp3) is 0.133. The maximum absolute atomic E-state index is 12.5. The van der Waals surface area contributed by atoms with Gasteiger partial charge in [0, 0.05) is 33.6 Å². The number of nitrogens with one attached hydrogen (secondary N) is 1. The van der Waals surface area contributed by atoms with Crippen molar-refractivity contribution in [2.24, 2.45) is 0 Å². The van der Waals surface area contributed by atoms with Gasteiger partial charge in [-0.05, 0) is 36.1 Å². The highest BCUT2D eigenvalue weighted by molar-refractivity contribution is 7.08. The number of thiophene rings is 1. The summed E-state index contributed by atoms with van der Waals surface area (Å²) >= 11 is 1.55. The standard InChI is InChI=1S/C15H13NO2S/c1-9-7-19-8-13(9)15(17)12-6-16-14-4-3-10(18-2)5-11(12)14/h3-8,16H,1-2H3. The van der Waals surface area contributed by atoms with Gasteiger partial charge in [0.15, 0.2) is 5.78 Å². The predicted octanol–water partition coefficient (Wildman–Crippen LogP) is 3.78. The van der Waals surface area contributed by atoms with Crippen molar-refractivity contribution in [3.8, 4) is 5.75 Å². The van der Waals surface area contributed by atoms with E-state index in [0.29, 0.717) is 5.56 Å². The van der Waals surface area contributed by atoms with Crippen LogP contribution in [0.1, 0.15) is 21.5 Å². The van der Waals surface area contributed by atoms with Crippen LogP contribution in [-0.4, -0.2) is 17.9 Å². The van der Waals surface area contributed by atoms with Crippen molar-refractivity contribution < 1.29 is 9.53 Å². The van der Waals surface area contributed by atoms with Crippen molar-refractivity contribution >= 4 is 28.0 Å². The molecule has 0 aliphatic heterocycles. The molecule has 0 fully saturated rings. The highest BCUT2D eigenvalue weighted by atomic mass is 32.1. The number of aryl methyl sites for hydroxylation is 1. The van der Waals surface area contributed by atoms with Gasteiger partial charge < -0.3 is 9.72 Å². The minimum absolute atomic E-state index is 0.0539. The molecule has 1 aromatic carbocycles. The number of ether oxygens (including phenoxy) is 1. The third-order valence-corrected chi connectivity index (χ3v) is 4.10. The van der Waals surface area contributed by atoms with Crippen molar-refractivity contribution in [1.82, 2.24) is 4.98 Å². The monoisotopic (exact) mass is 271 g/mol. The lowest BCUT2D eigenvalue weighted by Crippen LogP contribution is -2.00. The Morgan fingerprint density at radius 2 is 2.11 bits per heavy atom. The lowest BCUT2D eigenvalue weighted by Gasteiger charge is -2.01. The van der Waals surface area contributed by atoms with E-state index in [1.54, 1.807) is 24.6 Å². The summed E-state index contributed by atoms with van der Waals surface area (Å²) in [5.41, 5.74) is 3.42. The fourth-order valence-corrected chi connectivity index (χ4v) is 2.98. The highest BCUT2D eigenvalue weighted by Crippen LogP contribution is 2.27. The van der Waals surface area contributed by atoms with Crippen LogP contribution >= 0.6 is 11.3 Å².